The van der Waals surface area contributed by atoms with Gasteiger partial charge in [-0.25, -0.2) is 0 Å². The fourth-order valence-electron chi connectivity index (χ4n) is 2.63. The van der Waals surface area contributed by atoms with Crippen LogP contribution in [0.4, 0.5) is 11.4 Å². The summed E-state index contributed by atoms with van der Waals surface area (Å²) in [6.45, 7) is 4.44. The first-order valence-electron chi connectivity index (χ1n) is 5.95. The van der Waals surface area contributed by atoms with Crippen LogP contribution in [0.5, 0.6) is 0 Å². The van der Waals surface area contributed by atoms with Crippen LogP contribution < -0.4 is 10.6 Å². The zero-order chi connectivity index (χ0) is 12.6. The highest BCUT2D eigenvalue weighted by atomic mass is 79.9. The highest BCUT2D eigenvalue weighted by molar-refractivity contribution is 9.10. The van der Waals surface area contributed by atoms with Crippen LogP contribution in [0.2, 0.25) is 0 Å². The van der Waals surface area contributed by atoms with Crippen LogP contribution in [-0.2, 0) is 0 Å². The Balaban J connectivity index is 2.19. The van der Waals surface area contributed by atoms with Crippen molar-refractivity contribution in [3.05, 3.63) is 22.7 Å². The number of rotatable bonds is 2. The van der Waals surface area contributed by atoms with E-state index in [1.165, 1.54) is 0 Å². The molecule has 0 bridgehead atoms. The summed E-state index contributed by atoms with van der Waals surface area (Å²) in [6.07, 6.45) is 0. The number of nitrogens with zero attached hydrogens (tertiary/aromatic N) is 2. The standard InChI is InChI=1S/C13H20BrN3/c1-9-7-17(8-13(9)16(2)3)12-5-4-10(14)6-11(12)15/h4-6,9,13H,7-8,15H2,1-3H3. The maximum absolute atomic E-state index is 6.08. The molecule has 1 fully saturated rings. The predicted molar refractivity (Wildman–Crippen MR) is 77.4 cm³/mol. The normalized spacial score (nSPS) is 24.6. The monoisotopic (exact) mass is 297 g/mol. The SMILES string of the molecule is CC1CN(c2ccc(Br)cc2N)CC1N(C)C. The van der Waals surface area contributed by atoms with Gasteiger partial charge >= 0.3 is 0 Å². The molecule has 1 heterocycles. The third-order valence-electron chi connectivity index (χ3n) is 3.57. The van der Waals surface area contributed by atoms with Gasteiger partial charge in [0.05, 0.1) is 11.4 Å². The van der Waals surface area contributed by atoms with E-state index in [9.17, 15) is 0 Å². The average molecular weight is 298 g/mol. The minimum Gasteiger partial charge on any atom is -0.397 e. The molecule has 0 amide bonds. The number of nitrogens with two attached hydrogens (primary N) is 1. The second-order valence-corrected chi connectivity index (χ2v) is 6.03. The van der Waals surface area contributed by atoms with E-state index in [4.69, 9.17) is 5.73 Å². The molecule has 0 radical (unpaired) electrons. The number of anilines is 2. The average Bonchev–Trinajstić information content (AvgIpc) is 2.60. The second kappa shape index (κ2) is 4.86. The Kier molecular flexibility index (Phi) is 3.64. The number of hydrogen-bond acceptors (Lipinski definition) is 3. The number of benzene rings is 1. The van der Waals surface area contributed by atoms with Crippen LogP contribution in [0.15, 0.2) is 22.7 Å². The van der Waals surface area contributed by atoms with Crippen molar-refractivity contribution in [3.63, 3.8) is 0 Å². The summed E-state index contributed by atoms with van der Waals surface area (Å²) >= 11 is 3.45. The van der Waals surface area contributed by atoms with Gasteiger partial charge < -0.3 is 15.5 Å². The number of halogens is 1. The Labute approximate surface area is 112 Å². The highest BCUT2D eigenvalue weighted by Gasteiger charge is 2.31. The van der Waals surface area contributed by atoms with Crippen molar-refractivity contribution in [1.82, 2.24) is 4.90 Å². The van der Waals surface area contributed by atoms with Crippen molar-refractivity contribution in [2.75, 3.05) is 37.8 Å². The van der Waals surface area contributed by atoms with Crippen molar-refractivity contribution >= 4 is 27.3 Å². The predicted octanol–water partition coefficient (Wildman–Crippen LogP) is 2.42. The van der Waals surface area contributed by atoms with Crippen LogP contribution in [0, 0.1) is 5.92 Å². The Morgan fingerprint density at radius 3 is 2.59 bits per heavy atom. The largest absolute Gasteiger partial charge is 0.397 e. The van der Waals surface area contributed by atoms with Crippen LogP contribution >= 0.6 is 15.9 Å². The van der Waals surface area contributed by atoms with E-state index in [2.05, 4.69) is 58.9 Å². The molecule has 2 rings (SSSR count). The molecule has 1 aromatic rings. The second-order valence-electron chi connectivity index (χ2n) is 5.12. The summed E-state index contributed by atoms with van der Waals surface area (Å²) < 4.78 is 1.04. The van der Waals surface area contributed by atoms with Gasteiger partial charge in [-0.3, -0.25) is 0 Å². The molecular formula is C13H20BrN3. The van der Waals surface area contributed by atoms with E-state index in [0.717, 1.165) is 28.9 Å². The lowest BCUT2D eigenvalue weighted by atomic mass is 10.1. The summed E-state index contributed by atoms with van der Waals surface area (Å²) in [5.41, 5.74) is 8.09. The highest BCUT2D eigenvalue weighted by Crippen LogP contribution is 2.31. The van der Waals surface area contributed by atoms with Gasteiger partial charge in [0.2, 0.25) is 0 Å². The van der Waals surface area contributed by atoms with E-state index in [-0.39, 0.29) is 0 Å². The van der Waals surface area contributed by atoms with E-state index in [1.54, 1.807) is 0 Å². The van der Waals surface area contributed by atoms with Gasteiger partial charge in [-0.1, -0.05) is 22.9 Å². The van der Waals surface area contributed by atoms with E-state index in [1.807, 2.05) is 6.07 Å². The molecule has 4 heteroatoms. The third-order valence-corrected chi connectivity index (χ3v) is 4.06. The van der Waals surface area contributed by atoms with E-state index in [0.29, 0.717) is 12.0 Å². The van der Waals surface area contributed by atoms with E-state index < -0.39 is 0 Å². The zero-order valence-electron chi connectivity index (χ0n) is 10.7. The fraction of sp³-hybridized carbons (Fsp3) is 0.538. The van der Waals surface area contributed by atoms with Gasteiger partial charge in [0.15, 0.2) is 0 Å². The topological polar surface area (TPSA) is 32.5 Å². The van der Waals surface area contributed by atoms with Crippen molar-refractivity contribution < 1.29 is 0 Å². The molecule has 3 nitrogen and oxygen atoms in total. The van der Waals surface area contributed by atoms with Crippen molar-refractivity contribution in [3.8, 4) is 0 Å². The Morgan fingerprint density at radius 2 is 2.06 bits per heavy atom. The molecule has 1 aliphatic heterocycles. The molecule has 0 saturated carbocycles. The number of likely N-dealkylation sites (N-methyl/N-ethyl adjacent to an activating group) is 1. The number of hydrogen-bond donors (Lipinski definition) is 1. The minimum atomic E-state index is 0.609. The van der Waals surface area contributed by atoms with Gasteiger partial charge in [-0.15, -0.1) is 0 Å². The summed E-state index contributed by atoms with van der Waals surface area (Å²) in [5, 5.41) is 0. The maximum Gasteiger partial charge on any atom is 0.0601 e. The van der Waals surface area contributed by atoms with Crippen molar-refractivity contribution in [2.45, 2.75) is 13.0 Å². The third kappa shape index (κ3) is 2.58. The molecule has 1 aromatic carbocycles. The Morgan fingerprint density at radius 1 is 1.35 bits per heavy atom. The Bertz CT molecular complexity index is 406. The smallest absolute Gasteiger partial charge is 0.0601 e. The molecule has 1 aliphatic rings. The maximum atomic E-state index is 6.08. The van der Waals surface area contributed by atoms with Gasteiger partial charge in [0.25, 0.3) is 0 Å². The summed E-state index contributed by atoms with van der Waals surface area (Å²) in [4.78, 5) is 4.69. The lowest BCUT2D eigenvalue weighted by Gasteiger charge is -2.23. The molecule has 2 atom stereocenters. The summed E-state index contributed by atoms with van der Waals surface area (Å²) in [6, 6.07) is 6.74. The minimum absolute atomic E-state index is 0.609. The van der Waals surface area contributed by atoms with E-state index >= 15 is 0 Å². The van der Waals surface area contributed by atoms with Crippen molar-refractivity contribution in [2.24, 2.45) is 5.92 Å². The molecule has 94 valence electrons. The van der Waals surface area contributed by atoms with Crippen molar-refractivity contribution in [1.29, 1.82) is 0 Å². The van der Waals surface area contributed by atoms with Crippen LogP contribution in [0.1, 0.15) is 6.92 Å². The lowest BCUT2D eigenvalue weighted by Crippen LogP contribution is -2.34. The van der Waals surface area contributed by atoms with Gasteiger partial charge in [-0.05, 0) is 38.2 Å². The summed E-state index contributed by atoms with van der Waals surface area (Å²) in [5.74, 6) is 0.674. The molecule has 17 heavy (non-hydrogen) atoms. The first-order chi connectivity index (χ1) is 7.99. The molecule has 0 spiro atoms. The Hall–Kier alpha value is -0.740. The van der Waals surface area contributed by atoms with Gasteiger partial charge in [-0.2, -0.15) is 0 Å². The lowest BCUT2D eigenvalue weighted by molar-refractivity contribution is 0.266. The first kappa shape index (κ1) is 12.7. The zero-order valence-corrected chi connectivity index (χ0v) is 12.2. The van der Waals surface area contributed by atoms with Gasteiger partial charge in [0.1, 0.15) is 0 Å². The molecule has 0 aliphatic carbocycles. The summed E-state index contributed by atoms with van der Waals surface area (Å²) in [7, 11) is 4.30. The molecule has 2 N–H and O–H groups in total. The van der Waals surface area contributed by atoms with Crippen LogP contribution in [0.25, 0.3) is 0 Å². The van der Waals surface area contributed by atoms with Crippen LogP contribution in [0.3, 0.4) is 0 Å². The first-order valence-corrected chi connectivity index (χ1v) is 6.74. The number of nitrogen functional groups attached to an aromatic ring is 1. The molecule has 0 aromatic heterocycles. The molecule has 1 saturated heterocycles. The molecule has 2 unspecified atom stereocenters. The quantitative estimate of drug-likeness (QED) is 0.851. The van der Waals surface area contributed by atoms with Crippen LogP contribution in [-0.4, -0.2) is 38.1 Å². The molecular weight excluding hydrogens is 278 g/mol. The fourth-order valence-corrected chi connectivity index (χ4v) is 3.01. The van der Waals surface area contributed by atoms with Gasteiger partial charge in [0, 0.05) is 23.6 Å².